The lowest BCUT2D eigenvalue weighted by atomic mass is 9.90. The Balaban J connectivity index is 1.28. The molecule has 45 heavy (non-hydrogen) atoms. The van der Waals surface area contributed by atoms with E-state index in [0.717, 1.165) is 12.8 Å². The Kier molecular flexibility index (Phi) is 6.80. The Labute approximate surface area is 265 Å². The summed E-state index contributed by atoms with van der Waals surface area (Å²) in [5, 5.41) is 5.13. The van der Waals surface area contributed by atoms with Crippen molar-refractivity contribution in [3.05, 3.63) is 168 Å². The summed E-state index contributed by atoms with van der Waals surface area (Å²) in [5.74, 6) is 0. The van der Waals surface area contributed by atoms with E-state index < -0.39 is 0 Å². The van der Waals surface area contributed by atoms with Crippen molar-refractivity contribution in [1.82, 2.24) is 4.57 Å². The number of aryl methyl sites for hydroxylation is 1. The Morgan fingerprint density at radius 1 is 0.644 bits per heavy atom. The molecule has 1 aliphatic carbocycles. The molecule has 0 saturated carbocycles. The Hall–Kier alpha value is -5.40. The average molecular weight is 578 g/mol. The minimum atomic E-state index is 1.04. The van der Waals surface area contributed by atoms with E-state index in [1.807, 2.05) is 0 Å². The zero-order chi connectivity index (χ0) is 30.3. The van der Waals surface area contributed by atoms with Crippen LogP contribution in [0.25, 0.3) is 66.6 Å². The van der Waals surface area contributed by atoms with Crippen molar-refractivity contribution in [3.63, 3.8) is 0 Å². The van der Waals surface area contributed by atoms with E-state index in [2.05, 4.69) is 170 Å². The van der Waals surface area contributed by atoms with Crippen LogP contribution in [0, 0.1) is 6.92 Å². The van der Waals surface area contributed by atoms with Crippen molar-refractivity contribution in [2.24, 2.45) is 0 Å². The van der Waals surface area contributed by atoms with Gasteiger partial charge in [0, 0.05) is 16.5 Å². The SMILES string of the molecule is C/C(=C/c1cccc2ccccc12)c1ccccc1-c1cc2c3ccccc3n(C3=CCCC(c4ccccc4)=C3)c2cc1C. The summed E-state index contributed by atoms with van der Waals surface area (Å²) in [6.45, 7) is 4.50. The third kappa shape index (κ3) is 4.82. The molecule has 0 N–H and O–H groups in total. The maximum Gasteiger partial charge on any atom is 0.0544 e. The smallest absolute Gasteiger partial charge is 0.0544 e. The Morgan fingerprint density at radius 3 is 2.27 bits per heavy atom. The quantitative estimate of drug-likeness (QED) is 0.179. The van der Waals surface area contributed by atoms with Gasteiger partial charge in [0.15, 0.2) is 0 Å². The van der Waals surface area contributed by atoms with E-state index >= 15 is 0 Å². The van der Waals surface area contributed by atoms with Crippen LogP contribution in [0.5, 0.6) is 0 Å². The zero-order valence-electron chi connectivity index (χ0n) is 25.8. The first-order valence-electron chi connectivity index (χ1n) is 15.9. The van der Waals surface area contributed by atoms with Crippen LogP contribution < -0.4 is 0 Å². The molecule has 8 rings (SSSR count). The van der Waals surface area contributed by atoms with E-state index in [4.69, 9.17) is 0 Å². The summed E-state index contributed by atoms with van der Waals surface area (Å²) < 4.78 is 2.47. The molecule has 6 aromatic carbocycles. The lowest BCUT2D eigenvalue weighted by Crippen LogP contribution is -2.00. The van der Waals surface area contributed by atoms with Crippen LogP contribution in [0.2, 0.25) is 0 Å². The first-order valence-corrected chi connectivity index (χ1v) is 15.9. The van der Waals surface area contributed by atoms with Gasteiger partial charge in [0.1, 0.15) is 0 Å². The fourth-order valence-electron chi connectivity index (χ4n) is 7.16. The maximum atomic E-state index is 2.47. The van der Waals surface area contributed by atoms with Gasteiger partial charge in [-0.2, -0.15) is 0 Å². The van der Waals surface area contributed by atoms with Gasteiger partial charge in [-0.1, -0.05) is 127 Å². The highest BCUT2D eigenvalue weighted by Crippen LogP contribution is 2.40. The van der Waals surface area contributed by atoms with Gasteiger partial charge in [0.25, 0.3) is 0 Å². The molecule has 1 heteroatoms. The Morgan fingerprint density at radius 2 is 1.38 bits per heavy atom. The van der Waals surface area contributed by atoms with E-state index in [1.54, 1.807) is 0 Å². The van der Waals surface area contributed by atoms with Gasteiger partial charge in [0.05, 0.1) is 11.0 Å². The average Bonchev–Trinajstić information content (AvgIpc) is 3.41. The molecule has 7 aromatic rings. The molecular weight excluding hydrogens is 542 g/mol. The lowest BCUT2D eigenvalue weighted by Gasteiger charge is -2.18. The summed E-state index contributed by atoms with van der Waals surface area (Å²) in [7, 11) is 0. The molecule has 1 nitrogen and oxygen atoms in total. The predicted octanol–water partition coefficient (Wildman–Crippen LogP) is 12.2. The van der Waals surface area contributed by atoms with Crippen molar-refractivity contribution >= 4 is 55.5 Å². The molecule has 1 aliphatic rings. The van der Waals surface area contributed by atoms with Crippen molar-refractivity contribution in [3.8, 4) is 11.1 Å². The number of para-hydroxylation sites is 1. The van der Waals surface area contributed by atoms with Gasteiger partial charge in [-0.3, -0.25) is 0 Å². The molecule has 0 atom stereocenters. The van der Waals surface area contributed by atoms with E-state index in [1.165, 1.54) is 82.8 Å². The molecule has 0 fully saturated rings. The molecular formula is C44H35N. The number of fused-ring (bicyclic) bond motifs is 4. The second-order valence-corrected chi connectivity index (χ2v) is 12.2. The molecule has 0 unspecified atom stereocenters. The van der Waals surface area contributed by atoms with Crippen molar-refractivity contribution in [2.45, 2.75) is 26.7 Å². The van der Waals surface area contributed by atoms with Crippen molar-refractivity contribution in [1.29, 1.82) is 0 Å². The summed E-state index contributed by atoms with van der Waals surface area (Å²) in [6.07, 6.45) is 9.24. The second kappa shape index (κ2) is 11.3. The van der Waals surface area contributed by atoms with Crippen molar-refractivity contribution < 1.29 is 0 Å². The van der Waals surface area contributed by atoms with Gasteiger partial charge < -0.3 is 4.57 Å². The number of allylic oxidation sites excluding steroid dienone is 5. The molecule has 0 saturated heterocycles. The topological polar surface area (TPSA) is 4.93 Å². The molecule has 1 aromatic heterocycles. The van der Waals surface area contributed by atoms with Gasteiger partial charge in [-0.05, 0) is 106 Å². The molecule has 0 bridgehead atoms. The largest absolute Gasteiger partial charge is 0.310 e. The number of hydrogen-bond donors (Lipinski definition) is 0. The van der Waals surface area contributed by atoms with Gasteiger partial charge >= 0.3 is 0 Å². The van der Waals surface area contributed by atoms with Gasteiger partial charge in [-0.15, -0.1) is 0 Å². The summed E-state index contributed by atoms with van der Waals surface area (Å²) in [6, 6.07) is 48.6. The molecule has 0 radical (unpaired) electrons. The third-order valence-corrected chi connectivity index (χ3v) is 9.35. The number of aromatic nitrogens is 1. The van der Waals surface area contributed by atoms with E-state index in [9.17, 15) is 0 Å². The maximum absolute atomic E-state index is 2.47. The first kappa shape index (κ1) is 27.2. The predicted molar refractivity (Wildman–Crippen MR) is 195 cm³/mol. The fourth-order valence-corrected chi connectivity index (χ4v) is 7.16. The van der Waals surface area contributed by atoms with Crippen molar-refractivity contribution in [2.75, 3.05) is 0 Å². The lowest BCUT2D eigenvalue weighted by molar-refractivity contribution is 1.04. The van der Waals surface area contributed by atoms with Gasteiger partial charge in [0.2, 0.25) is 0 Å². The number of benzene rings is 6. The molecule has 216 valence electrons. The van der Waals surface area contributed by atoms with Crippen LogP contribution >= 0.6 is 0 Å². The van der Waals surface area contributed by atoms with Crippen LogP contribution in [-0.2, 0) is 0 Å². The normalized spacial score (nSPS) is 13.8. The van der Waals surface area contributed by atoms with Crippen LogP contribution in [0.3, 0.4) is 0 Å². The zero-order valence-corrected chi connectivity index (χ0v) is 25.8. The van der Waals surface area contributed by atoms with E-state index in [-0.39, 0.29) is 0 Å². The number of hydrogen-bond acceptors (Lipinski definition) is 0. The van der Waals surface area contributed by atoms with Crippen LogP contribution in [0.15, 0.2) is 146 Å². The first-order chi connectivity index (χ1) is 22.2. The second-order valence-electron chi connectivity index (χ2n) is 12.2. The number of nitrogens with zero attached hydrogens (tertiary/aromatic N) is 1. The number of rotatable bonds is 5. The van der Waals surface area contributed by atoms with Crippen LogP contribution in [-0.4, -0.2) is 4.57 Å². The summed E-state index contributed by atoms with van der Waals surface area (Å²) in [5.41, 5.74) is 14.1. The molecule has 0 spiro atoms. The minimum absolute atomic E-state index is 1.04. The highest BCUT2D eigenvalue weighted by molar-refractivity contribution is 6.12. The summed E-state index contributed by atoms with van der Waals surface area (Å²) in [4.78, 5) is 0. The fraction of sp³-hybridized carbons (Fsp3) is 0.0909. The highest BCUT2D eigenvalue weighted by atomic mass is 15.0. The third-order valence-electron chi connectivity index (χ3n) is 9.35. The molecule has 1 heterocycles. The Bertz CT molecular complexity index is 2320. The van der Waals surface area contributed by atoms with Crippen LogP contribution in [0.4, 0.5) is 0 Å². The highest BCUT2D eigenvalue weighted by Gasteiger charge is 2.19. The van der Waals surface area contributed by atoms with E-state index in [0.29, 0.717) is 0 Å². The standard InChI is InChI=1S/C44H35N/c1-30(26-35-19-12-17-33-16-6-7-22-38(33)35)37-21-8-9-23-39(37)41-29-42-40-24-10-11-25-43(40)45(44(42)27-31(41)2)36-20-13-18-34(28-36)32-14-4-3-5-15-32/h3-12,14-17,19-29H,13,18H2,1-2H3/b30-26-. The molecule has 0 amide bonds. The summed E-state index contributed by atoms with van der Waals surface area (Å²) >= 11 is 0. The monoisotopic (exact) mass is 577 g/mol. The minimum Gasteiger partial charge on any atom is -0.310 e. The van der Waals surface area contributed by atoms with Gasteiger partial charge in [-0.25, -0.2) is 0 Å². The van der Waals surface area contributed by atoms with Crippen LogP contribution in [0.1, 0.15) is 42.0 Å². The molecule has 0 aliphatic heterocycles.